The van der Waals surface area contributed by atoms with Crippen LogP contribution in [0, 0.1) is 11.3 Å². The van der Waals surface area contributed by atoms with Crippen molar-refractivity contribution in [2.45, 2.75) is 30.8 Å². The first-order valence-electron chi connectivity index (χ1n) is 5.29. The zero-order chi connectivity index (χ0) is 12.3. The molecule has 2 rings (SSSR count). The molecular formula is C11H12N4S2. The van der Waals surface area contributed by atoms with Crippen LogP contribution < -0.4 is 0 Å². The molecule has 0 bridgehead atoms. The van der Waals surface area contributed by atoms with Crippen LogP contribution in [0.15, 0.2) is 22.7 Å². The number of rotatable bonds is 4. The summed E-state index contributed by atoms with van der Waals surface area (Å²) in [7, 11) is 0. The molecule has 4 nitrogen and oxygen atoms in total. The third-order valence-electron chi connectivity index (χ3n) is 2.24. The monoisotopic (exact) mass is 264 g/mol. The molecule has 0 aliphatic carbocycles. The van der Waals surface area contributed by atoms with Gasteiger partial charge in [0.2, 0.25) is 0 Å². The minimum Gasteiger partial charge on any atom is -0.302 e. The molecule has 6 heteroatoms. The lowest BCUT2D eigenvalue weighted by molar-refractivity contribution is 0.687. The van der Waals surface area contributed by atoms with Gasteiger partial charge in [-0.3, -0.25) is 0 Å². The summed E-state index contributed by atoms with van der Waals surface area (Å²) < 4.78 is 2.05. The molecule has 0 aliphatic heterocycles. The Morgan fingerprint density at radius 1 is 1.59 bits per heavy atom. The third-order valence-corrected chi connectivity index (χ3v) is 4.08. The van der Waals surface area contributed by atoms with Crippen LogP contribution in [-0.2, 0) is 6.54 Å². The molecular weight excluding hydrogens is 252 g/mol. The van der Waals surface area contributed by atoms with E-state index in [2.05, 4.69) is 23.2 Å². The Balaban J connectivity index is 2.34. The van der Waals surface area contributed by atoms with Crippen molar-refractivity contribution in [3.05, 3.63) is 17.5 Å². The molecule has 0 aromatic carbocycles. The second-order valence-corrected chi connectivity index (χ2v) is 5.67. The van der Waals surface area contributed by atoms with Gasteiger partial charge in [0.15, 0.2) is 11.0 Å². The molecule has 0 spiro atoms. The summed E-state index contributed by atoms with van der Waals surface area (Å²) >= 11 is 3.09. The summed E-state index contributed by atoms with van der Waals surface area (Å²) in [6.45, 7) is 4.73. The third kappa shape index (κ3) is 2.51. The van der Waals surface area contributed by atoms with E-state index >= 15 is 0 Å². The molecule has 0 aliphatic rings. The van der Waals surface area contributed by atoms with Crippen molar-refractivity contribution in [2.24, 2.45) is 0 Å². The number of thiophene rings is 1. The van der Waals surface area contributed by atoms with E-state index in [9.17, 15) is 0 Å². The first kappa shape index (κ1) is 12.1. The van der Waals surface area contributed by atoms with E-state index < -0.39 is 0 Å². The van der Waals surface area contributed by atoms with Crippen LogP contribution in [0.4, 0.5) is 0 Å². The average molecular weight is 264 g/mol. The maximum absolute atomic E-state index is 8.82. The molecule has 0 saturated carbocycles. The van der Waals surface area contributed by atoms with Gasteiger partial charge in [-0.25, -0.2) is 0 Å². The standard InChI is InChI=1S/C11H12N4S2/c1-3-15-10(9-5-4-6-16-9)13-14-11(15)17-8(2)7-12/h4-6,8H,3H2,1-2H3/t8-/m1/s1. The Labute approximate surface area is 108 Å². The predicted molar refractivity (Wildman–Crippen MR) is 69.9 cm³/mol. The van der Waals surface area contributed by atoms with Gasteiger partial charge in [0.25, 0.3) is 0 Å². The Bertz CT molecular complexity index is 524. The van der Waals surface area contributed by atoms with Gasteiger partial charge in [-0.15, -0.1) is 21.5 Å². The van der Waals surface area contributed by atoms with Crippen molar-refractivity contribution in [2.75, 3.05) is 0 Å². The number of nitriles is 1. The van der Waals surface area contributed by atoms with Gasteiger partial charge in [0.1, 0.15) is 0 Å². The molecule has 0 fully saturated rings. The molecule has 1 atom stereocenters. The molecule has 88 valence electrons. The minimum atomic E-state index is -0.110. The number of hydrogen-bond acceptors (Lipinski definition) is 5. The lowest BCUT2D eigenvalue weighted by Gasteiger charge is -2.06. The second-order valence-electron chi connectivity index (χ2n) is 3.42. The van der Waals surface area contributed by atoms with Crippen LogP contribution in [0.5, 0.6) is 0 Å². The predicted octanol–water partition coefficient (Wildman–Crippen LogP) is 3.03. The first-order chi connectivity index (χ1) is 8.26. The molecule has 2 heterocycles. The van der Waals surface area contributed by atoms with Gasteiger partial charge in [0.05, 0.1) is 16.2 Å². The molecule has 0 saturated heterocycles. The Morgan fingerprint density at radius 2 is 2.41 bits per heavy atom. The highest BCUT2D eigenvalue weighted by Gasteiger charge is 2.15. The van der Waals surface area contributed by atoms with Crippen molar-refractivity contribution >= 4 is 23.1 Å². The summed E-state index contributed by atoms with van der Waals surface area (Å²) in [6, 6.07) is 6.22. The van der Waals surface area contributed by atoms with Crippen LogP contribution in [0.25, 0.3) is 10.7 Å². The summed E-state index contributed by atoms with van der Waals surface area (Å²) in [5, 5.41) is 19.9. The average Bonchev–Trinajstić information content (AvgIpc) is 2.96. The summed E-state index contributed by atoms with van der Waals surface area (Å²) in [4.78, 5) is 1.11. The van der Waals surface area contributed by atoms with E-state index in [1.807, 2.05) is 29.0 Å². The zero-order valence-corrected chi connectivity index (χ0v) is 11.3. The highest BCUT2D eigenvalue weighted by Crippen LogP contribution is 2.28. The van der Waals surface area contributed by atoms with Gasteiger partial charge >= 0.3 is 0 Å². The van der Waals surface area contributed by atoms with E-state index in [0.29, 0.717) is 0 Å². The van der Waals surface area contributed by atoms with Crippen LogP contribution in [-0.4, -0.2) is 20.0 Å². The molecule has 2 aromatic heterocycles. The maximum Gasteiger partial charge on any atom is 0.192 e. The number of aromatic nitrogens is 3. The molecule has 2 aromatic rings. The molecule has 0 amide bonds. The number of nitrogens with zero attached hydrogens (tertiary/aromatic N) is 4. The van der Waals surface area contributed by atoms with E-state index in [4.69, 9.17) is 5.26 Å². The Kier molecular flexibility index (Phi) is 3.82. The van der Waals surface area contributed by atoms with Gasteiger partial charge in [-0.05, 0) is 25.3 Å². The fraction of sp³-hybridized carbons (Fsp3) is 0.364. The smallest absolute Gasteiger partial charge is 0.192 e. The Hall–Kier alpha value is -1.32. The molecule has 0 unspecified atom stereocenters. The highest BCUT2D eigenvalue weighted by atomic mass is 32.2. The topological polar surface area (TPSA) is 54.5 Å². The first-order valence-corrected chi connectivity index (χ1v) is 7.05. The zero-order valence-electron chi connectivity index (χ0n) is 9.62. The highest BCUT2D eigenvalue weighted by molar-refractivity contribution is 8.00. The van der Waals surface area contributed by atoms with Crippen molar-refractivity contribution in [3.8, 4) is 16.8 Å². The van der Waals surface area contributed by atoms with Crippen molar-refractivity contribution in [1.29, 1.82) is 5.26 Å². The number of thioether (sulfide) groups is 1. The van der Waals surface area contributed by atoms with Crippen LogP contribution in [0.3, 0.4) is 0 Å². The fourth-order valence-electron chi connectivity index (χ4n) is 1.43. The van der Waals surface area contributed by atoms with E-state index in [1.165, 1.54) is 11.8 Å². The van der Waals surface area contributed by atoms with Gasteiger partial charge in [0, 0.05) is 6.54 Å². The van der Waals surface area contributed by atoms with Gasteiger partial charge in [-0.2, -0.15) is 5.26 Å². The molecule has 0 radical (unpaired) electrons. The largest absolute Gasteiger partial charge is 0.302 e. The van der Waals surface area contributed by atoms with Crippen molar-refractivity contribution < 1.29 is 0 Å². The van der Waals surface area contributed by atoms with E-state index in [1.54, 1.807) is 11.3 Å². The summed E-state index contributed by atoms with van der Waals surface area (Å²) in [5.41, 5.74) is 0. The van der Waals surface area contributed by atoms with Crippen LogP contribution in [0.2, 0.25) is 0 Å². The number of hydrogen-bond donors (Lipinski definition) is 0. The maximum atomic E-state index is 8.82. The van der Waals surface area contributed by atoms with Gasteiger partial charge < -0.3 is 4.57 Å². The quantitative estimate of drug-likeness (QED) is 0.796. The van der Waals surface area contributed by atoms with Crippen molar-refractivity contribution in [1.82, 2.24) is 14.8 Å². The van der Waals surface area contributed by atoms with Crippen LogP contribution >= 0.6 is 23.1 Å². The minimum absolute atomic E-state index is 0.110. The van der Waals surface area contributed by atoms with Crippen molar-refractivity contribution in [3.63, 3.8) is 0 Å². The normalized spacial score (nSPS) is 12.3. The van der Waals surface area contributed by atoms with Crippen LogP contribution in [0.1, 0.15) is 13.8 Å². The lowest BCUT2D eigenvalue weighted by atomic mass is 10.4. The second kappa shape index (κ2) is 5.34. The summed E-state index contributed by atoms with van der Waals surface area (Å²) in [5.74, 6) is 0.884. The lowest BCUT2D eigenvalue weighted by Crippen LogP contribution is -2.01. The van der Waals surface area contributed by atoms with Gasteiger partial charge in [-0.1, -0.05) is 17.8 Å². The van der Waals surface area contributed by atoms with E-state index in [-0.39, 0.29) is 5.25 Å². The Morgan fingerprint density at radius 3 is 3.00 bits per heavy atom. The SMILES string of the molecule is CCn1c(S[C@H](C)C#N)nnc1-c1cccs1. The van der Waals surface area contributed by atoms with E-state index in [0.717, 1.165) is 22.4 Å². The molecule has 0 N–H and O–H groups in total. The summed E-state index contributed by atoms with van der Waals surface area (Å²) in [6.07, 6.45) is 0. The fourth-order valence-corrected chi connectivity index (χ4v) is 2.95. The molecule has 17 heavy (non-hydrogen) atoms.